The summed E-state index contributed by atoms with van der Waals surface area (Å²) in [6.45, 7) is 0. The predicted molar refractivity (Wildman–Crippen MR) is 183 cm³/mol. The number of rotatable bonds is 4. The molecule has 5 heteroatoms. The van der Waals surface area contributed by atoms with Crippen molar-refractivity contribution >= 4 is 53.3 Å². The van der Waals surface area contributed by atoms with Gasteiger partial charge in [-0.2, -0.15) is 0 Å². The molecule has 0 unspecified atom stereocenters. The molecule has 6 aromatic carbocycles. The Hall–Kier alpha value is -5.65. The fourth-order valence-corrected chi connectivity index (χ4v) is 7.52. The molecule has 0 aliphatic heterocycles. The molecule has 0 saturated carbocycles. The van der Waals surface area contributed by atoms with E-state index in [1.54, 1.807) is 11.3 Å². The van der Waals surface area contributed by atoms with E-state index in [2.05, 4.69) is 114 Å². The number of nitrogens with zero attached hydrogens (tertiary/aromatic N) is 4. The zero-order chi connectivity index (χ0) is 29.0. The third-order valence-corrected chi connectivity index (χ3v) is 9.44. The van der Waals surface area contributed by atoms with Crippen LogP contribution in [0.1, 0.15) is 0 Å². The van der Waals surface area contributed by atoms with Crippen LogP contribution in [0.2, 0.25) is 0 Å². The van der Waals surface area contributed by atoms with Crippen molar-refractivity contribution in [3.63, 3.8) is 0 Å². The molecule has 9 rings (SSSR count). The number of thiophene rings is 1. The Kier molecular flexibility index (Phi) is 5.64. The van der Waals surface area contributed by atoms with E-state index in [9.17, 15) is 0 Å². The van der Waals surface area contributed by atoms with E-state index in [0.29, 0.717) is 17.5 Å². The summed E-state index contributed by atoms with van der Waals surface area (Å²) in [6, 6.07) is 50.6. The van der Waals surface area contributed by atoms with Gasteiger partial charge in [0.15, 0.2) is 17.5 Å². The molecule has 0 saturated heterocycles. The maximum absolute atomic E-state index is 5.16. The Labute approximate surface area is 257 Å². The van der Waals surface area contributed by atoms with Crippen molar-refractivity contribution in [2.24, 2.45) is 0 Å². The second kappa shape index (κ2) is 9.97. The van der Waals surface area contributed by atoms with Crippen LogP contribution in [0, 0.1) is 0 Å². The summed E-state index contributed by atoms with van der Waals surface area (Å²) in [5.74, 6) is 1.99. The van der Waals surface area contributed by atoms with Crippen LogP contribution in [0.3, 0.4) is 0 Å². The van der Waals surface area contributed by atoms with Gasteiger partial charge in [-0.1, -0.05) is 115 Å². The van der Waals surface area contributed by atoms with Gasteiger partial charge in [0.2, 0.25) is 0 Å². The van der Waals surface area contributed by atoms with Crippen LogP contribution in [0.4, 0.5) is 0 Å². The van der Waals surface area contributed by atoms with Gasteiger partial charge in [-0.25, -0.2) is 15.0 Å². The maximum atomic E-state index is 5.16. The number of hydrogen-bond acceptors (Lipinski definition) is 4. The Balaban J connectivity index is 1.46. The summed E-state index contributed by atoms with van der Waals surface area (Å²) in [5.41, 5.74) is 6.35. The van der Waals surface area contributed by atoms with Crippen molar-refractivity contribution in [1.29, 1.82) is 0 Å². The molecule has 0 bridgehead atoms. The molecule has 0 amide bonds. The third kappa shape index (κ3) is 3.87. The topological polar surface area (TPSA) is 43.6 Å². The maximum Gasteiger partial charge on any atom is 0.165 e. The van der Waals surface area contributed by atoms with E-state index in [0.717, 1.165) is 27.9 Å². The van der Waals surface area contributed by atoms with Crippen molar-refractivity contribution in [2.75, 3.05) is 0 Å². The summed E-state index contributed by atoms with van der Waals surface area (Å²) < 4.78 is 4.80. The zero-order valence-corrected chi connectivity index (χ0v) is 24.4. The quantitative estimate of drug-likeness (QED) is 0.208. The van der Waals surface area contributed by atoms with Gasteiger partial charge in [-0.3, -0.25) is 0 Å². The van der Waals surface area contributed by atoms with Gasteiger partial charge in [0.1, 0.15) is 0 Å². The zero-order valence-electron chi connectivity index (χ0n) is 23.6. The number of para-hydroxylation sites is 2. The molecule has 3 heterocycles. The summed E-state index contributed by atoms with van der Waals surface area (Å²) in [4.78, 5) is 15.3. The molecule has 0 N–H and O–H groups in total. The Morgan fingerprint density at radius 1 is 0.455 bits per heavy atom. The number of hydrogen-bond donors (Lipinski definition) is 0. The summed E-state index contributed by atoms with van der Waals surface area (Å²) >= 11 is 1.81. The highest BCUT2D eigenvalue weighted by Gasteiger charge is 2.23. The average molecular weight is 581 g/mol. The molecule has 0 fully saturated rings. The molecular formula is C39H24N4S. The van der Waals surface area contributed by atoms with Crippen LogP contribution < -0.4 is 0 Å². The highest BCUT2D eigenvalue weighted by atomic mass is 32.1. The molecule has 3 aromatic heterocycles. The van der Waals surface area contributed by atoms with E-state index < -0.39 is 0 Å². The first-order chi connectivity index (χ1) is 21.8. The minimum Gasteiger partial charge on any atom is -0.309 e. The Morgan fingerprint density at radius 3 is 1.68 bits per heavy atom. The van der Waals surface area contributed by atoms with Gasteiger partial charge in [0.05, 0.1) is 11.0 Å². The van der Waals surface area contributed by atoms with E-state index >= 15 is 0 Å². The second-order valence-electron chi connectivity index (χ2n) is 10.8. The molecule has 0 radical (unpaired) electrons. The van der Waals surface area contributed by atoms with Gasteiger partial charge >= 0.3 is 0 Å². The fraction of sp³-hybridized carbons (Fsp3) is 0. The van der Waals surface area contributed by atoms with Gasteiger partial charge in [-0.15, -0.1) is 11.3 Å². The molecule has 206 valence electrons. The Morgan fingerprint density at radius 2 is 1.00 bits per heavy atom. The third-order valence-electron chi connectivity index (χ3n) is 8.24. The van der Waals surface area contributed by atoms with Crippen LogP contribution in [-0.2, 0) is 0 Å². The van der Waals surface area contributed by atoms with Crippen molar-refractivity contribution < 1.29 is 0 Å². The van der Waals surface area contributed by atoms with Crippen molar-refractivity contribution in [2.45, 2.75) is 0 Å². The first kappa shape index (κ1) is 24.9. The summed E-state index contributed by atoms with van der Waals surface area (Å²) in [7, 11) is 0. The van der Waals surface area contributed by atoms with Gasteiger partial charge < -0.3 is 4.57 Å². The first-order valence-corrected chi connectivity index (χ1v) is 15.5. The van der Waals surface area contributed by atoms with E-state index in [4.69, 9.17) is 15.0 Å². The van der Waals surface area contributed by atoms with Crippen LogP contribution in [0.15, 0.2) is 146 Å². The average Bonchev–Trinajstić information content (AvgIpc) is 3.65. The normalized spacial score (nSPS) is 11.6. The van der Waals surface area contributed by atoms with Gasteiger partial charge in [0, 0.05) is 53.3 Å². The number of benzene rings is 6. The van der Waals surface area contributed by atoms with E-state index in [1.807, 2.05) is 36.4 Å². The second-order valence-corrected chi connectivity index (χ2v) is 11.9. The molecule has 0 spiro atoms. The lowest BCUT2D eigenvalue weighted by atomic mass is 10.0. The monoisotopic (exact) mass is 580 g/mol. The van der Waals surface area contributed by atoms with Crippen LogP contribution >= 0.6 is 11.3 Å². The number of fused-ring (bicyclic) bond motifs is 7. The molecule has 9 aromatic rings. The molecular weight excluding hydrogens is 557 g/mol. The van der Waals surface area contributed by atoms with Crippen LogP contribution in [0.25, 0.3) is 81.8 Å². The van der Waals surface area contributed by atoms with Crippen LogP contribution in [0.5, 0.6) is 0 Å². The van der Waals surface area contributed by atoms with Crippen LogP contribution in [-0.4, -0.2) is 19.5 Å². The smallest absolute Gasteiger partial charge is 0.165 e. The highest BCUT2D eigenvalue weighted by molar-refractivity contribution is 7.26. The fourth-order valence-electron chi connectivity index (χ4n) is 6.29. The molecule has 0 atom stereocenters. The van der Waals surface area contributed by atoms with Gasteiger partial charge in [-0.05, 0) is 30.3 Å². The predicted octanol–water partition coefficient (Wildman–Crippen LogP) is 10.3. The lowest BCUT2D eigenvalue weighted by molar-refractivity contribution is 1.08. The molecule has 44 heavy (non-hydrogen) atoms. The summed E-state index contributed by atoms with van der Waals surface area (Å²) in [5, 5.41) is 4.97. The van der Waals surface area contributed by atoms with Gasteiger partial charge in [0.25, 0.3) is 0 Å². The van der Waals surface area contributed by atoms with E-state index in [-0.39, 0.29) is 0 Å². The lowest BCUT2D eigenvalue weighted by Crippen LogP contribution is -2.00. The highest BCUT2D eigenvalue weighted by Crippen LogP contribution is 2.47. The number of aromatic nitrogens is 4. The van der Waals surface area contributed by atoms with Crippen molar-refractivity contribution in [3.05, 3.63) is 146 Å². The summed E-state index contributed by atoms with van der Waals surface area (Å²) in [6.07, 6.45) is 0. The minimum absolute atomic E-state index is 0.660. The van der Waals surface area contributed by atoms with E-state index in [1.165, 1.54) is 36.5 Å². The molecule has 4 nitrogen and oxygen atoms in total. The lowest BCUT2D eigenvalue weighted by Gasteiger charge is -2.11. The molecule has 0 aliphatic rings. The first-order valence-electron chi connectivity index (χ1n) is 14.6. The largest absolute Gasteiger partial charge is 0.309 e. The Bertz CT molecular complexity index is 2420. The van der Waals surface area contributed by atoms with Crippen molar-refractivity contribution in [1.82, 2.24) is 19.5 Å². The SMILES string of the molecule is c1ccc(-c2nc(-c3ccccc3)nc(-c3cc4c(c5ccccc5n4-c4ccccc4)c4c3sc3ccccc34)n2)cc1. The minimum atomic E-state index is 0.660. The van der Waals surface area contributed by atoms with Crippen molar-refractivity contribution in [3.8, 4) is 39.9 Å². The molecule has 0 aliphatic carbocycles. The standard InChI is InChI=1S/C39H24N4S/c1-4-14-25(15-5-1)37-40-38(26-16-6-2-7-17-26)42-39(41-37)30-24-32-34(35-29-21-11-13-23-33(29)44-36(30)35)28-20-10-12-22-31(28)43(32)27-18-8-3-9-19-27/h1-24H.